The highest BCUT2D eigenvalue weighted by atomic mass is 19.3. The van der Waals surface area contributed by atoms with Crippen LogP contribution in [0.2, 0.25) is 0 Å². The smallest absolute Gasteiger partial charge is 0.293 e. The molecule has 0 fully saturated rings. The fourth-order valence-electron chi connectivity index (χ4n) is 2.24. The minimum Gasteiger partial charge on any atom is -0.293 e. The molecule has 116 valence electrons. The van der Waals surface area contributed by atoms with Crippen molar-refractivity contribution in [3.63, 3.8) is 0 Å². The van der Waals surface area contributed by atoms with E-state index in [-0.39, 0.29) is 0 Å². The number of hydrogen-bond acceptors (Lipinski definition) is 2. The van der Waals surface area contributed by atoms with Crippen LogP contribution in [0.1, 0.15) is 18.1 Å². The Balaban J connectivity index is 2.15. The van der Waals surface area contributed by atoms with Crippen molar-refractivity contribution in [1.82, 2.24) is 4.90 Å². The van der Waals surface area contributed by atoms with Gasteiger partial charge in [0, 0.05) is 20.0 Å². The van der Waals surface area contributed by atoms with Gasteiger partial charge in [0.1, 0.15) is 0 Å². The second-order valence-electron chi connectivity index (χ2n) is 5.38. The molecule has 0 aliphatic carbocycles. The van der Waals surface area contributed by atoms with Gasteiger partial charge in [0.25, 0.3) is 0 Å². The van der Waals surface area contributed by atoms with E-state index in [0.29, 0.717) is 13.1 Å². The van der Waals surface area contributed by atoms with Gasteiger partial charge in [-0.1, -0.05) is 60.7 Å². The summed E-state index contributed by atoms with van der Waals surface area (Å²) >= 11 is 0. The number of carbonyl (C=O) groups is 1. The van der Waals surface area contributed by atoms with Crippen molar-refractivity contribution >= 4 is 5.78 Å². The maximum absolute atomic E-state index is 13.8. The lowest BCUT2D eigenvalue weighted by Crippen LogP contribution is -2.40. The Morgan fingerprint density at radius 1 is 0.909 bits per heavy atom. The van der Waals surface area contributed by atoms with Crippen LogP contribution < -0.4 is 0 Å². The van der Waals surface area contributed by atoms with Gasteiger partial charge in [0.2, 0.25) is 0 Å². The second kappa shape index (κ2) is 7.27. The molecule has 0 saturated carbocycles. The Morgan fingerprint density at radius 3 is 1.68 bits per heavy atom. The molecule has 0 atom stereocenters. The molecule has 2 nitrogen and oxygen atoms in total. The number of Topliss-reactive ketones (excluding diaryl/α,β-unsaturated/α-hetero) is 1. The normalized spacial score (nSPS) is 11.6. The molecule has 0 N–H and O–H groups in total. The zero-order valence-corrected chi connectivity index (χ0v) is 12.5. The zero-order chi connectivity index (χ0) is 16.0. The number of carbonyl (C=O) groups excluding carboxylic acids is 1. The summed E-state index contributed by atoms with van der Waals surface area (Å²) in [4.78, 5) is 12.7. The summed E-state index contributed by atoms with van der Waals surface area (Å²) in [5, 5.41) is 0. The SMILES string of the molecule is CC(=O)C(F)(F)CN(Cc1ccccc1)Cc1ccccc1. The molecule has 0 bridgehead atoms. The van der Waals surface area contributed by atoms with Crippen LogP contribution in [0.3, 0.4) is 0 Å². The van der Waals surface area contributed by atoms with Crippen molar-refractivity contribution in [3.8, 4) is 0 Å². The van der Waals surface area contributed by atoms with Crippen molar-refractivity contribution in [2.75, 3.05) is 6.54 Å². The van der Waals surface area contributed by atoms with Crippen molar-refractivity contribution in [2.45, 2.75) is 25.9 Å². The van der Waals surface area contributed by atoms with Crippen LogP contribution in [-0.4, -0.2) is 23.2 Å². The maximum Gasteiger partial charge on any atom is 0.317 e. The third kappa shape index (κ3) is 4.74. The summed E-state index contributed by atoms with van der Waals surface area (Å²) in [6.45, 7) is 1.10. The monoisotopic (exact) mass is 303 g/mol. The Bertz CT molecular complexity index is 557. The summed E-state index contributed by atoms with van der Waals surface area (Å²) in [5.74, 6) is -4.43. The highest BCUT2D eigenvalue weighted by Crippen LogP contribution is 2.20. The van der Waals surface area contributed by atoms with Crippen LogP contribution in [0.5, 0.6) is 0 Å². The lowest BCUT2D eigenvalue weighted by molar-refractivity contribution is -0.143. The first-order chi connectivity index (χ1) is 10.5. The minimum atomic E-state index is -3.33. The summed E-state index contributed by atoms with van der Waals surface area (Å²) in [5.41, 5.74) is 1.88. The van der Waals surface area contributed by atoms with E-state index < -0.39 is 18.3 Å². The molecule has 2 aromatic rings. The molecule has 0 radical (unpaired) electrons. The molecule has 0 aliphatic rings. The molecule has 0 aromatic heterocycles. The van der Waals surface area contributed by atoms with Crippen molar-refractivity contribution in [1.29, 1.82) is 0 Å². The molecule has 0 aliphatic heterocycles. The average Bonchev–Trinajstić information content (AvgIpc) is 2.48. The molecule has 0 heterocycles. The van der Waals surface area contributed by atoms with Gasteiger partial charge in [0.05, 0.1) is 6.54 Å². The first-order valence-electron chi connectivity index (χ1n) is 7.16. The molecule has 0 saturated heterocycles. The Labute approximate surface area is 129 Å². The Morgan fingerprint density at radius 2 is 1.32 bits per heavy atom. The lowest BCUT2D eigenvalue weighted by Gasteiger charge is -2.26. The molecule has 2 aromatic carbocycles. The maximum atomic E-state index is 13.8. The first-order valence-corrected chi connectivity index (χ1v) is 7.16. The summed E-state index contributed by atoms with van der Waals surface area (Å²) < 4.78 is 27.6. The number of rotatable bonds is 7. The molecule has 0 amide bonds. The van der Waals surface area contributed by atoms with Gasteiger partial charge >= 0.3 is 5.92 Å². The molecule has 2 rings (SSSR count). The highest BCUT2D eigenvalue weighted by Gasteiger charge is 2.37. The van der Waals surface area contributed by atoms with E-state index in [2.05, 4.69) is 0 Å². The molecule has 0 unspecified atom stereocenters. The van der Waals surface area contributed by atoms with Gasteiger partial charge in [-0.3, -0.25) is 9.69 Å². The van der Waals surface area contributed by atoms with Crippen LogP contribution in [0.4, 0.5) is 8.78 Å². The number of ketones is 1. The zero-order valence-electron chi connectivity index (χ0n) is 12.5. The van der Waals surface area contributed by atoms with E-state index in [1.54, 1.807) is 4.90 Å². The number of hydrogen-bond donors (Lipinski definition) is 0. The summed E-state index contributed by atoms with van der Waals surface area (Å²) in [6, 6.07) is 18.8. The van der Waals surface area contributed by atoms with Crippen molar-refractivity contribution in [2.24, 2.45) is 0 Å². The minimum absolute atomic E-state index is 0.374. The first kappa shape index (κ1) is 16.3. The van der Waals surface area contributed by atoms with E-state index in [9.17, 15) is 13.6 Å². The van der Waals surface area contributed by atoms with Gasteiger partial charge in [-0.25, -0.2) is 0 Å². The van der Waals surface area contributed by atoms with Crippen LogP contribution >= 0.6 is 0 Å². The number of halogens is 2. The molecular formula is C18H19F2NO. The van der Waals surface area contributed by atoms with Gasteiger partial charge in [-0.15, -0.1) is 0 Å². The van der Waals surface area contributed by atoms with Gasteiger partial charge in [-0.2, -0.15) is 8.78 Å². The Kier molecular flexibility index (Phi) is 5.39. The van der Waals surface area contributed by atoms with Crippen LogP contribution in [-0.2, 0) is 17.9 Å². The predicted octanol–water partition coefficient (Wildman–Crippen LogP) is 3.91. The predicted molar refractivity (Wildman–Crippen MR) is 82.6 cm³/mol. The molecule has 0 spiro atoms. The lowest BCUT2D eigenvalue weighted by atomic mass is 10.1. The second-order valence-corrected chi connectivity index (χ2v) is 5.38. The van der Waals surface area contributed by atoms with Gasteiger partial charge in [-0.05, 0) is 11.1 Å². The van der Waals surface area contributed by atoms with Crippen LogP contribution in [0.25, 0.3) is 0 Å². The standard InChI is InChI=1S/C18H19F2NO/c1-15(22)18(19,20)14-21(12-16-8-4-2-5-9-16)13-17-10-6-3-7-11-17/h2-11H,12-14H2,1H3. The number of alkyl halides is 2. The summed E-state index contributed by atoms with van der Waals surface area (Å²) in [6.07, 6.45) is 0. The van der Waals surface area contributed by atoms with Gasteiger partial charge < -0.3 is 0 Å². The third-order valence-corrected chi connectivity index (χ3v) is 3.44. The van der Waals surface area contributed by atoms with E-state index in [4.69, 9.17) is 0 Å². The molecule has 4 heteroatoms. The topological polar surface area (TPSA) is 20.3 Å². The van der Waals surface area contributed by atoms with Crippen molar-refractivity contribution < 1.29 is 13.6 Å². The van der Waals surface area contributed by atoms with E-state index in [1.807, 2.05) is 60.7 Å². The largest absolute Gasteiger partial charge is 0.317 e. The fraction of sp³-hybridized carbons (Fsp3) is 0.278. The highest BCUT2D eigenvalue weighted by molar-refractivity contribution is 5.83. The van der Waals surface area contributed by atoms with Crippen LogP contribution in [0, 0.1) is 0 Å². The van der Waals surface area contributed by atoms with E-state index in [1.165, 1.54) is 0 Å². The molecular weight excluding hydrogens is 284 g/mol. The van der Waals surface area contributed by atoms with E-state index >= 15 is 0 Å². The number of benzene rings is 2. The molecule has 22 heavy (non-hydrogen) atoms. The average molecular weight is 303 g/mol. The number of nitrogens with zero attached hydrogens (tertiary/aromatic N) is 1. The van der Waals surface area contributed by atoms with E-state index in [0.717, 1.165) is 18.1 Å². The quantitative estimate of drug-likeness (QED) is 0.773. The Hall–Kier alpha value is -2.07. The van der Waals surface area contributed by atoms with Crippen molar-refractivity contribution in [3.05, 3.63) is 71.8 Å². The van der Waals surface area contributed by atoms with Crippen LogP contribution in [0.15, 0.2) is 60.7 Å². The summed E-state index contributed by atoms with van der Waals surface area (Å²) in [7, 11) is 0. The third-order valence-electron chi connectivity index (χ3n) is 3.44. The fourth-order valence-corrected chi connectivity index (χ4v) is 2.24. The van der Waals surface area contributed by atoms with Gasteiger partial charge in [0.15, 0.2) is 5.78 Å².